The lowest BCUT2D eigenvalue weighted by molar-refractivity contribution is -0.121. The minimum atomic E-state index is -0.0216. The van der Waals surface area contributed by atoms with Crippen molar-refractivity contribution in [1.82, 2.24) is 5.32 Å². The van der Waals surface area contributed by atoms with Crippen molar-refractivity contribution in [3.8, 4) is 22.6 Å². The summed E-state index contributed by atoms with van der Waals surface area (Å²) < 4.78 is 11.7. The zero-order valence-electron chi connectivity index (χ0n) is 18.5. The largest absolute Gasteiger partial charge is 0.494 e. The highest BCUT2D eigenvalue weighted by Gasteiger charge is 2.15. The first-order chi connectivity index (χ1) is 16.2. The van der Waals surface area contributed by atoms with E-state index in [1.54, 1.807) is 0 Å². The van der Waals surface area contributed by atoms with E-state index >= 15 is 0 Å². The Hall–Kier alpha value is -3.80. The number of carbonyl (C=O) groups excluding carboxylic acids is 2. The van der Waals surface area contributed by atoms with Gasteiger partial charge < -0.3 is 20.1 Å². The molecule has 0 saturated carbocycles. The molecule has 1 heterocycles. The number of hydrogen-bond acceptors (Lipinski definition) is 4. The lowest BCUT2D eigenvalue weighted by Gasteiger charge is -2.17. The predicted octanol–water partition coefficient (Wildman–Crippen LogP) is 4.59. The second-order valence-corrected chi connectivity index (χ2v) is 7.88. The smallest absolute Gasteiger partial charge is 0.224 e. The number of fused-ring (bicyclic) bond motifs is 1. The van der Waals surface area contributed by atoms with E-state index in [0.717, 1.165) is 40.3 Å². The number of aryl methyl sites for hydroxylation is 1. The molecule has 1 aliphatic rings. The van der Waals surface area contributed by atoms with Crippen LogP contribution in [0.1, 0.15) is 24.8 Å². The van der Waals surface area contributed by atoms with Gasteiger partial charge in [0.15, 0.2) is 0 Å². The van der Waals surface area contributed by atoms with E-state index in [1.807, 2.05) is 72.8 Å². The maximum Gasteiger partial charge on any atom is 0.224 e. The number of carbonyl (C=O) groups is 2. The molecule has 1 aliphatic heterocycles. The van der Waals surface area contributed by atoms with Gasteiger partial charge in [-0.3, -0.25) is 9.59 Å². The van der Waals surface area contributed by atoms with Gasteiger partial charge in [-0.15, -0.1) is 0 Å². The Bertz CT molecular complexity index is 1100. The lowest BCUT2D eigenvalue weighted by atomic mass is 10.0. The van der Waals surface area contributed by atoms with Crippen LogP contribution in [0.3, 0.4) is 0 Å². The van der Waals surface area contributed by atoms with Crippen LogP contribution in [0.2, 0.25) is 0 Å². The van der Waals surface area contributed by atoms with E-state index in [2.05, 4.69) is 10.6 Å². The summed E-state index contributed by atoms with van der Waals surface area (Å²) in [7, 11) is 0. The molecule has 0 fully saturated rings. The molecule has 0 unspecified atom stereocenters. The van der Waals surface area contributed by atoms with Crippen molar-refractivity contribution in [2.45, 2.75) is 25.7 Å². The van der Waals surface area contributed by atoms with Gasteiger partial charge in [0.25, 0.3) is 0 Å². The highest BCUT2D eigenvalue weighted by molar-refractivity contribution is 5.94. The van der Waals surface area contributed by atoms with Crippen LogP contribution in [-0.4, -0.2) is 31.6 Å². The molecule has 4 rings (SSSR count). The van der Waals surface area contributed by atoms with Crippen molar-refractivity contribution < 1.29 is 19.1 Å². The number of para-hydroxylation sites is 1. The molecule has 0 spiro atoms. The summed E-state index contributed by atoms with van der Waals surface area (Å²) in [6.45, 7) is 1.30. The van der Waals surface area contributed by atoms with E-state index in [-0.39, 0.29) is 11.8 Å². The maximum atomic E-state index is 12.1. The van der Waals surface area contributed by atoms with Crippen molar-refractivity contribution in [2.75, 3.05) is 25.1 Å². The van der Waals surface area contributed by atoms with Gasteiger partial charge in [-0.25, -0.2) is 0 Å². The minimum Gasteiger partial charge on any atom is -0.494 e. The zero-order chi connectivity index (χ0) is 22.9. The molecule has 0 radical (unpaired) electrons. The molecule has 0 saturated heterocycles. The van der Waals surface area contributed by atoms with Crippen LogP contribution in [0.5, 0.6) is 11.5 Å². The third-order valence-electron chi connectivity index (χ3n) is 5.44. The second kappa shape index (κ2) is 11.2. The third-order valence-corrected chi connectivity index (χ3v) is 5.44. The normalized spacial score (nSPS) is 12.4. The van der Waals surface area contributed by atoms with E-state index in [1.165, 1.54) is 0 Å². The molecule has 0 atom stereocenters. The highest BCUT2D eigenvalue weighted by atomic mass is 16.5. The van der Waals surface area contributed by atoms with Gasteiger partial charge in [-0.2, -0.15) is 0 Å². The Labute approximate surface area is 193 Å². The van der Waals surface area contributed by atoms with Gasteiger partial charge in [0, 0.05) is 24.1 Å². The molecular formula is C27H28N2O4. The van der Waals surface area contributed by atoms with Crippen LogP contribution in [0.15, 0.2) is 72.8 Å². The monoisotopic (exact) mass is 444 g/mol. The van der Waals surface area contributed by atoms with E-state index in [9.17, 15) is 9.59 Å². The average Bonchev–Trinajstić information content (AvgIpc) is 2.85. The standard InChI is InChI=1S/C27H28N2O4/c30-26(11-6-17-32-22-13-14-24-21(19-22)12-15-27(31)29-24)28-16-18-33-25-10-5-4-9-23(25)20-7-2-1-3-8-20/h1-5,7-10,13-14,19H,6,11-12,15-18H2,(H,28,30)(H,29,31). The van der Waals surface area contributed by atoms with Crippen LogP contribution < -0.4 is 20.1 Å². The fourth-order valence-electron chi connectivity index (χ4n) is 3.76. The number of anilines is 1. The molecule has 2 N–H and O–H groups in total. The number of benzene rings is 3. The molecule has 2 amide bonds. The molecule has 3 aromatic rings. The third kappa shape index (κ3) is 6.35. The Morgan fingerprint density at radius 1 is 0.909 bits per heavy atom. The maximum absolute atomic E-state index is 12.1. The Morgan fingerprint density at radius 3 is 2.61 bits per heavy atom. The van der Waals surface area contributed by atoms with Crippen molar-refractivity contribution in [1.29, 1.82) is 0 Å². The number of amides is 2. The second-order valence-electron chi connectivity index (χ2n) is 7.88. The van der Waals surface area contributed by atoms with Crippen LogP contribution in [0.4, 0.5) is 5.69 Å². The van der Waals surface area contributed by atoms with E-state index in [4.69, 9.17) is 9.47 Å². The summed E-state index contributed by atoms with van der Waals surface area (Å²) in [6, 6.07) is 23.7. The van der Waals surface area contributed by atoms with Crippen molar-refractivity contribution in [3.05, 3.63) is 78.4 Å². The van der Waals surface area contributed by atoms with Crippen LogP contribution in [-0.2, 0) is 16.0 Å². The summed E-state index contributed by atoms with van der Waals surface area (Å²) in [5, 5.41) is 5.75. The van der Waals surface area contributed by atoms with Gasteiger partial charge in [-0.1, -0.05) is 48.5 Å². The molecule has 0 aromatic heterocycles. The lowest BCUT2D eigenvalue weighted by Crippen LogP contribution is -2.28. The van der Waals surface area contributed by atoms with Crippen LogP contribution >= 0.6 is 0 Å². The van der Waals surface area contributed by atoms with Gasteiger partial charge in [0.2, 0.25) is 11.8 Å². The van der Waals surface area contributed by atoms with Crippen LogP contribution in [0.25, 0.3) is 11.1 Å². The molecule has 3 aromatic carbocycles. The van der Waals surface area contributed by atoms with E-state index in [0.29, 0.717) is 39.0 Å². The summed E-state index contributed by atoms with van der Waals surface area (Å²) in [6.07, 6.45) is 2.23. The number of rotatable bonds is 10. The highest BCUT2D eigenvalue weighted by Crippen LogP contribution is 2.29. The first kappa shape index (κ1) is 22.4. The summed E-state index contributed by atoms with van der Waals surface area (Å²) in [5.74, 6) is 1.59. The first-order valence-corrected chi connectivity index (χ1v) is 11.3. The van der Waals surface area contributed by atoms with Gasteiger partial charge >= 0.3 is 0 Å². The Morgan fingerprint density at radius 2 is 1.73 bits per heavy atom. The summed E-state index contributed by atoms with van der Waals surface area (Å²) in [5.41, 5.74) is 4.07. The summed E-state index contributed by atoms with van der Waals surface area (Å²) >= 11 is 0. The molecular weight excluding hydrogens is 416 g/mol. The van der Waals surface area contributed by atoms with Crippen molar-refractivity contribution in [3.63, 3.8) is 0 Å². The molecule has 0 bridgehead atoms. The molecule has 33 heavy (non-hydrogen) atoms. The number of ether oxygens (including phenoxy) is 2. The Balaban J connectivity index is 1.14. The SMILES string of the molecule is O=C(CCCOc1ccc2c(c1)CCC(=O)N2)NCCOc1ccccc1-c1ccccc1. The van der Waals surface area contributed by atoms with Gasteiger partial charge in [0.1, 0.15) is 18.1 Å². The first-order valence-electron chi connectivity index (χ1n) is 11.3. The number of nitrogens with one attached hydrogen (secondary N) is 2. The molecule has 0 aliphatic carbocycles. The zero-order valence-corrected chi connectivity index (χ0v) is 18.5. The number of hydrogen-bond donors (Lipinski definition) is 2. The summed E-state index contributed by atoms with van der Waals surface area (Å²) in [4.78, 5) is 23.6. The van der Waals surface area contributed by atoms with Gasteiger partial charge in [-0.05, 0) is 48.2 Å². The fourth-order valence-corrected chi connectivity index (χ4v) is 3.76. The quantitative estimate of drug-likeness (QED) is 0.449. The van der Waals surface area contributed by atoms with Crippen molar-refractivity contribution in [2.24, 2.45) is 0 Å². The molecule has 6 nitrogen and oxygen atoms in total. The molecule has 170 valence electrons. The van der Waals surface area contributed by atoms with Gasteiger partial charge in [0.05, 0.1) is 13.2 Å². The Kier molecular flexibility index (Phi) is 7.59. The predicted molar refractivity (Wildman–Crippen MR) is 129 cm³/mol. The minimum absolute atomic E-state index is 0.0216. The van der Waals surface area contributed by atoms with Crippen LogP contribution in [0, 0.1) is 0 Å². The average molecular weight is 445 g/mol. The fraction of sp³-hybridized carbons (Fsp3) is 0.259. The topological polar surface area (TPSA) is 76.7 Å². The van der Waals surface area contributed by atoms with Crippen molar-refractivity contribution >= 4 is 17.5 Å². The molecule has 6 heteroatoms. The van der Waals surface area contributed by atoms with E-state index < -0.39 is 0 Å².